The van der Waals surface area contributed by atoms with Crippen LogP contribution in [0, 0.1) is 13.8 Å². The molecule has 0 aliphatic carbocycles. The van der Waals surface area contributed by atoms with Crippen LogP contribution in [-0.4, -0.2) is 4.98 Å². The van der Waals surface area contributed by atoms with E-state index >= 15 is 0 Å². The molecular weight excluding hydrogens is 178 g/mol. The number of hydrogen-bond donors (Lipinski definition) is 0. The molecule has 68 valence electrons. The van der Waals surface area contributed by atoms with Gasteiger partial charge in [0.25, 0.3) is 0 Å². The minimum Gasteiger partial charge on any atom is -0.253 e. The number of nitrogens with zero attached hydrogens (tertiary/aromatic N) is 1. The molecule has 0 radical (unpaired) electrons. The summed E-state index contributed by atoms with van der Waals surface area (Å²) in [6, 6.07) is 8.48. The van der Waals surface area contributed by atoms with Crippen LogP contribution in [0.15, 0.2) is 41.4 Å². The van der Waals surface area contributed by atoms with Crippen LogP contribution in [0.2, 0.25) is 0 Å². The van der Waals surface area contributed by atoms with Gasteiger partial charge in [-0.05, 0) is 13.8 Å². The Kier molecular flexibility index (Phi) is 4.19. The molecule has 0 saturated carbocycles. The van der Waals surface area contributed by atoms with Crippen molar-refractivity contribution < 1.29 is 0 Å². The summed E-state index contributed by atoms with van der Waals surface area (Å²) >= 11 is 1.60. The van der Waals surface area contributed by atoms with E-state index in [4.69, 9.17) is 0 Å². The molecule has 1 heterocycles. The maximum atomic E-state index is 3.74. The number of benzene rings is 1. The third-order valence-corrected chi connectivity index (χ3v) is 2.09. The normalized spacial score (nSPS) is 8.77. The molecule has 2 rings (SSSR count). The second-order valence-electron chi connectivity index (χ2n) is 2.83. The first kappa shape index (κ1) is 9.93. The Morgan fingerprint density at radius 1 is 1.00 bits per heavy atom. The number of aryl methyl sites for hydroxylation is 2. The van der Waals surface area contributed by atoms with Gasteiger partial charge in [0.05, 0.1) is 5.51 Å². The van der Waals surface area contributed by atoms with Gasteiger partial charge < -0.3 is 0 Å². The Hall–Kier alpha value is -1.15. The predicted octanol–water partition coefficient (Wildman–Crippen LogP) is 3.45. The van der Waals surface area contributed by atoms with E-state index in [1.807, 2.05) is 5.38 Å². The van der Waals surface area contributed by atoms with Crippen LogP contribution in [-0.2, 0) is 0 Å². The van der Waals surface area contributed by atoms with Gasteiger partial charge in [0.1, 0.15) is 0 Å². The topological polar surface area (TPSA) is 12.9 Å². The summed E-state index contributed by atoms with van der Waals surface area (Å²) in [5.41, 5.74) is 4.45. The predicted molar refractivity (Wildman–Crippen MR) is 58.0 cm³/mol. The Bertz CT molecular complexity index is 272. The van der Waals surface area contributed by atoms with Crippen molar-refractivity contribution in [2.45, 2.75) is 13.8 Å². The zero-order valence-corrected chi connectivity index (χ0v) is 8.71. The summed E-state index contributed by atoms with van der Waals surface area (Å²) in [7, 11) is 0. The Morgan fingerprint density at radius 2 is 1.54 bits per heavy atom. The summed E-state index contributed by atoms with van der Waals surface area (Å²) in [6.45, 7) is 4.19. The first-order chi connectivity index (χ1) is 6.29. The van der Waals surface area contributed by atoms with Crippen molar-refractivity contribution in [1.82, 2.24) is 4.98 Å². The summed E-state index contributed by atoms with van der Waals surface area (Å²) in [6.07, 6.45) is 1.77. The first-order valence-corrected chi connectivity index (χ1v) is 5.09. The second-order valence-corrected chi connectivity index (χ2v) is 3.59. The van der Waals surface area contributed by atoms with E-state index in [-0.39, 0.29) is 0 Å². The average Bonchev–Trinajstić information content (AvgIpc) is 2.68. The van der Waals surface area contributed by atoms with Gasteiger partial charge in [-0.1, -0.05) is 35.4 Å². The summed E-state index contributed by atoms with van der Waals surface area (Å²) in [5, 5.41) is 1.93. The van der Waals surface area contributed by atoms with E-state index in [1.165, 1.54) is 11.1 Å². The molecule has 2 aromatic rings. The quantitative estimate of drug-likeness (QED) is 0.621. The molecule has 0 fully saturated rings. The van der Waals surface area contributed by atoms with Crippen LogP contribution < -0.4 is 0 Å². The van der Waals surface area contributed by atoms with Gasteiger partial charge in [0.2, 0.25) is 0 Å². The van der Waals surface area contributed by atoms with Crippen molar-refractivity contribution in [3.8, 4) is 0 Å². The Labute approximate surface area is 83.1 Å². The summed E-state index contributed by atoms with van der Waals surface area (Å²) in [4.78, 5) is 3.74. The van der Waals surface area contributed by atoms with Gasteiger partial charge >= 0.3 is 0 Å². The number of rotatable bonds is 0. The maximum absolute atomic E-state index is 3.74. The molecule has 0 bridgehead atoms. The molecule has 1 nitrogen and oxygen atoms in total. The van der Waals surface area contributed by atoms with Crippen molar-refractivity contribution in [2.75, 3.05) is 0 Å². The van der Waals surface area contributed by atoms with Gasteiger partial charge in [-0.15, -0.1) is 11.3 Å². The molecule has 0 amide bonds. The highest BCUT2D eigenvalue weighted by Gasteiger charge is 1.79. The van der Waals surface area contributed by atoms with Crippen molar-refractivity contribution in [3.05, 3.63) is 52.5 Å². The van der Waals surface area contributed by atoms with E-state index in [1.54, 1.807) is 23.0 Å². The molecule has 0 saturated heterocycles. The van der Waals surface area contributed by atoms with Crippen LogP contribution in [0.4, 0.5) is 0 Å². The molecule has 1 aromatic heterocycles. The molecular formula is C11H13NS. The molecule has 0 atom stereocenters. The highest BCUT2D eigenvalue weighted by atomic mass is 32.1. The fourth-order valence-electron chi connectivity index (χ4n) is 0.813. The SMILES string of the molecule is Cc1ccc(C)cc1.c1cscn1. The van der Waals surface area contributed by atoms with Gasteiger partial charge in [-0.2, -0.15) is 0 Å². The molecule has 0 N–H and O–H groups in total. The molecule has 1 aromatic carbocycles. The zero-order valence-electron chi connectivity index (χ0n) is 7.90. The van der Waals surface area contributed by atoms with E-state index in [0.717, 1.165) is 0 Å². The molecule has 0 spiro atoms. The monoisotopic (exact) mass is 191 g/mol. The van der Waals surface area contributed by atoms with Crippen LogP contribution >= 0.6 is 11.3 Å². The first-order valence-electron chi connectivity index (χ1n) is 4.14. The van der Waals surface area contributed by atoms with Gasteiger partial charge in [-0.25, -0.2) is 0 Å². The summed E-state index contributed by atoms with van der Waals surface area (Å²) < 4.78 is 0. The van der Waals surface area contributed by atoms with Crippen molar-refractivity contribution in [1.29, 1.82) is 0 Å². The van der Waals surface area contributed by atoms with Gasteiger partial charge in [-0.3, -0.25) is 4.98 Å². The highest BCUT2D eigenvalue weighted by molar-refractivity contribution is 7.07. The number of thiazole rings is 1. The third-order valence-electron chi connectivity index (χ3n) is 1.57. The lowest BCUT2D eigenvalue weighted by atomic mass is 10.2. The molecule has 0 aliphatic rings. The van der Waals surface area contributed by atoms with Crippen LogP contribution in [0.5, 0.6) is 0 Å². The average molecular weight is 191 g/mol. The van der Waals surface area contributed by atoms with Crippen molar-refractivity contribution >= 4 is 11.3 Å². The minimum absolute atomic E-state index is 1.33. The van der Waals surface area contributed by atoms with Gasteiger partial charge in [0.15, 0.2) is 0 Å². The standard InChI is InChI=1S/C8H10.C3H3NS/c1-7-3-5-8(2)6-4-7;1-2-5-3-4-1/h3-6H,1-2H3;1-3H. The van der Waals surface area contributed by atoms with Crippen LogP contribution in [0.1, 0.15) is 11.1 Å². The van der Waals surface area contributed by atoms with Crippen molar-refractivity contribution in [3.63, 3.8) is 0 Å². The minimum atomic E-state index is 1.33. The second kappa shape index (κ2) is 5.49. The van der Waals surface area contributed by atoms with E-state index < -0.39 is 0 Å². The molecule has 0 aliphatic heterocycles. The third kappa shape index (κ3) is 4.43. The lowest BCUT2D eigenvalue weighted by Crippen LogP contribution is -1.70. The van der Waals surface area contributed by atoms with Gasteiger partial charge in [0, 0.05) is 11.6 Å². The summed E-state index contributed by atoms with van der Waals surface area (Å²) in [5.74, 6) is 0. The Balaban J connectivity index is 0.000000145. The van der Waals surface area contributed by atoms with E-state index in [9.17, 15) is 0 Å². The molecule has 2 heteroatoms. The highest BCUT2D eigenvalue weighted by Crippen LogP contribution is 1.99. The maximum Gasteiger partial charge on any atom is 0.0791 e. The lowest BCUT2D eigenvalue weighted by molar-refractivity contribution is 1.40. The lowest BCUT2D eigenvalue weighted by Gasteiger charge is -1.90. The number of hydrogen-bond acceptors (Lipinski definition) is 2. The zero-order chi connectivity index (χ0) is 9.52. The molecule has 13 heavy (non-hydrogen) atoms. The fourth-order valence-corrected chi connectivity index (χ4v) is 1.16. The van der Waals surface area contributed by atoms with E-state index in [0.29, 0.717) is 0 Å². The largest absolute Gasteiger partial charge is 0.253 e. The van der Waals surface area contributed by atoms with Crippen LogP contribution in [0.25, 0.3) is 0 Å². The van der Waals surface area contributed by atoms with Crippen LogP contribution in [0.3, 0.4) is 0 Å². The number of aromatic nitrogens is 1. The van der Waals surface area contributed by atoms with E-state index in [2.05, 4.69) is 43.1 Å². The smallest absolute Gasteiger partial charge is 0.0791 e. The van der Waals surface area contributed by atoms with Crippen molar-refractivity contribution in [2.24, 2.45) is 0 Å². The Morgan fingerprint density at radius 3 is 1.77 bits per heavy atom. The molecule has 0 unspecified atom stereocenters. The fraction of sp³-hybridized carbons (Fsp3) is 0.182.